The Labute approximate surface area is 124 Å². The predicted octanol–water partition coefficient (Wildman–Crippen LogP) is 1.66. The van der Waals surface area contributed by atoms with Gasteiger partial charge in [0.1, 0.15) is 0 Å². The van der Waals surface area contributed by atoms with Crippen LogP contribution in [0.15, 0.2) is 0 Å². The first-order chi connectivity index (χ1) is 9.60. The highest BCUT2D eigenvalue weighted by Gasteiger charge is 2.25. The Balaban J connectivity index is 1.68. The van der Waals surface area contributed by atoms with E-state index in [1.54, 1.807) is 0 Å². The van der Waals surface area contributed by atoms with Crippen molar-refractivity contribution in [2.75, 3.05) is 45.8 Å². The molecule has 2 fully saturated rings. The summed E-state index contributed by atoms with van der Waals surface area (Å²) in [5.74, 6) is 1.17. The number of hydrogen-bond acceptors (Lipinski definition) is 3. The fourth-order valence-electron chi connectivity index (χ4n) is 3.42. The lowest BCUT2D eigenvalue weighted by molar-refractivity contribution is -0.132. The standard InChI is InChI=1S/C16H31N3O/c1-4-16(20)19-11-9-17(10-12-19)13-15-5-7-18(8-6-15)14(2)3/h14-15H,4-13H2,1-3H3. The molecule has 1 amide bonds. The summed E-state index contributed by atoms with van der Waals surface area (Å²) in [4.78, 5) is 18.8. The van der Waals surface area contributed by atoms with Crippen LogP contribution in [0.2, 0.25) is 0 Å². The lowest BCUT2D eigenvalue weighted by Gasteiger charge is -2.39. The number of nitrogens with zero attached hydrogens (tertiary/aromatic N) is 3. The average Bonchev–Trinajstić information content (AvgIpc) is 2.48. The molecule has 0 atom stereocenters. The van der Waals surface area contributed by atoms with E-state index in [0.29, 0.717) is 18.4 Å². The highest BCUT2D eigenvalue weighted by Crippen LogP contribution is 2.20. The highest BCUT2D eigenvalue weighted by atomic mass is 16.2. The zero-order valence-corrected chi connectivity index (χ0v) is 13.5. The molecule has 4 nitrogen and oxygen atoms in total. The molecule has 0 bridgehead atoms. The SMILES string of the molecule is CCC(=O)N1CCN(CC2CCN(C(C)C)CC2)CC1. The van der Waals surface area contributed by atoms with E-state index in [1.165, 1.54) is 32.5 Å². The van der Waals surface area contributed by atoms with Crippen LogP contribution in [0.3, 0.4) is 0 Å². The van der Waals surface area contributed by atoms with Gasteiger partial charge in [-0.25, -0.2) is 0 Å². The molecule has 4 heteroatoms. The van der Waals surface area contributed by atoms with Crippen LogP contribution < -0.4 is 0 Å². The highest BCUT2D eigenvalue weighted by molar-refractivity contribution is 5.75. The molecule has 0 aliphatic carbocycles. The van der Waals surface area contributed by atoms with Crippen molar-refractivity contribution in [3.63, 3.8) is 0 Å². The molecule has 2 aliphatic heterocycles. The van der Waals surface area contributed by atoms with E-state index in [0.717, 1.165) is 32.1 Å². The number of hydrogen-bond donors (Lipinski definition) is 0. The molecule has 2 saturated heterocycles. The normalized spacial score (nSPS) is 23.5. The molecule has 0 aromatic heterocycles. The number of rotatable bonds is 4. The summed E-state index contributed by atoms with van der Waals surface area (Å²) in [5.41, 5.74) is 0. The van der Waals surface area contributed by atoms with E-state index in [4.69, 9.17) is 0 Å². The Morgan fingerprint density at radius 1 is 1.05 bits per heavy atom. The molecular formula is C16H31N3O. The predicted molar refractivity (Wildman–Crippen MR) is 82.7 cm³/mol. The van der Waals surface area contributed by atoms with E-state index in [2.05, 4.69) is 23.6 Å². The van der Waals surface area contributed by atoms with Gasteiger partial charge in [-0.2, -0.15) is 0 Å². The summed E-state index contributed by atoms with van der Waals surface area (Å²) in [6.45, 7) is 14.3. The molecule has 0 saturated carbocycles. The Kier molecular flexibility index (Phi) is 5.85. The van der Waals surface area contributed by atoms with Crippen LogP contribution in [0, 0.1) is 5.92 Å². The Morgan fingerprint density at radius 3 is 2.15 bits per heavy atom. The van der Waals surface area contributed by atoms with Crippen molar-refractivity contribution in [3.05, 3.63) is 0 Å². The first-order valence-corrected chi connectivity index (χ1v) is 8.34. The van der Waals surface area contributed by atoms with Crippen LogP contribution in [0.5, 0.6) is 0 Å². The molecule has 116 valence electrons. The van der Waals surface area contributed by atoms with E-state index in [1.807, 2.05) is 11.8 Å². The first kappa shape index (κ1) is 15.8. The van der Waals surface area contributed by atoms with Gasteiger partial charge in [0.05, 0.1) is 0 Å². The van der Waals surface area contributed by atoms with Gasteiger partial charge >= 0.3 is 0 Å². The van der Waals surface area contributed by atoms with Crippen LogP contribution in [0.1, 0.15) is 40.0 Å². The van der Waals surface area contributed by atoms with Gasteiger partial charge in [-0.1, -0.05) is 6.92 Å². The van der Waals surface area contributed by atoms with Crippen LogP contribution in [0.4, 0.5) is 0 Å². The van der Waals surface area contributed by atoms with Gasteiger partial charge in [-0.15, -0.1) is 0 Å². The minimum Gasteiger partial charge on any atom is -0.340 e. The van der Waals surface area contributed by atoms with E-state index >= 15 is 0 Å². The molecule has 0 aromatic rings. The quantitative estimate of drug-likeness (QED) is 0.784. The zero-order valence-electron chi connectivity index (χ0n) is 13.5. The van der Waals surface area contributed by atoms with Gasteiger partial charge in [-0.3, -0.25) is 9.69 Å². The smallest absolute Gasteiger partial charge is 0.222 e. The summed E-state index contributed by atoms with van der Waals surface area (Å²) < 4.78 is 0. The maximum Gasteiger partial charge on any atom is 0.222 e. The van der Waals surface area contributed by atoms with Crippen LogP contribution >= 0.6 is 0 Å². The van der Waals surface area contributed by atoms with Crippen molar-refractivity contribution in [1.82, 2.24) is 14.7 Å². The molecule has 2 heterocycles. The van der Waals surface area contributed by atoms with Crippen LogP contribution in [-0.4, -0.2) is 72.5 Å². The minimum atomic E-state index is 0.315. The largest absolute Gasteiger partial charge is 0.340 e. The van der Waals surface area contributed by atoms with Crippen LogP contribution in [-0.2, 0) is 4.79 Å². The van der Waals surface area contributed by atoms with Crippen LogP contribution in [0.25, 0.3) is 0 Å². The Bertz CT molecular complexity index is 303. The van der Waals surface area contributed by atoms with E-state index in [9.17, 15) is 4.79 Å². The summed E-state index contributed by atoms with van der Waals surface area (Å²) >= 11 is 0. The number of piperazine rings is 1. The Hall–Kier alpha value is -0.610. The topological polar surface area (TPSA) is 26.8 Å². The zero-order chi connectivity index (χ0) is 14.5. The van der Waals surface area contributed by atoms with E-state index < -0.39 is 0 Å². The summed E-state index contributed by atoms with van der Waals surface area (Å²) in [5, 5.41) is 0. The fraction of sp³-hybridized carbons (Fsp3) is 0.938. The number of amides is 1. The molecule has 2 rings (SSSR count). The molecular weight excluding hydrogens is 250 g/mol. The van der Waals surface area contributed by atoms with E-state index in [-0.39, 0.29) is 0 Å². The molecule has 0 aromatic carbocycles. The second-order valence-electron chi connectivity index (χ2n) is 6.61. The third kappa shape index (κ3) is 4.19. The average molecular weight is 281 g/mol. The number of carbonyl (C=O) groups excluding carboxylic acids is 1. The molecule has 2 aliphatic rings. The van der Waals surface area contributed by atoms with Crippen molar-refractivity contribution < 1.29 is 4.79 Å². The third-order valence-electron chi connectivity index (χ3n) is 4.92. The number of carbonyl (C=O) groups is 1. The summed E-state index contributed by atoms with van der Waals surface area (Å²) in [6.07, 6.45) is 3.33. The maximum absolute atomic E-state index is 11.7. The first-order valence-electron chi connectivity index (χ1n) is 8.34. The molecule has 0 unspecified atom stereocenters. The molecule has 0 N–H and O–H groups in total. The van der Waals surface area contributed by atoms with Gasteiger partial charge in [0.25, 0.3) is 0 Å². The number of likely N-dealkylation sites (tertiary alicyclic amines) is 1. The van der Waals surface area contributed by atoms with Gasteiger partial charge in [0.2, 0.25) is 5.91 Å². The molecule has 0 radical (unpaired) electrons. The third-order valence-corrected chi connectivity index (χ3v) is 4.92. The lowest BCUT2D eigenvalue weighted by atomic mass is 9.95. The minimum absolute atomic E-state index is 0.315. The van der Waals surface area contributed by atoms with Crippen molar-refractivity contribution in [3.8, 4) is 0 Å². The van der Waals surface area contributed by atoms with Gasteiger partial charge < -0.3 is 9.80 Å². The maximum atomic E-state index is 11.7. The van der Waals surface area contributed by atoms with Gasteiger partial charge in [0, 0.05) is 45.2 Å². The lowest BCUT2D eigenvalue weighted by Crippen LogP contribution is -2.50. The number of piperidine rings is 1. The molecule has 0 spiro atoms. The van der Waals surface area contributed by atoms with Gasteiger partial charge in [0.15, 0.2) is 0 Å². The second-order valence-corrected chi connectivity index (χ2v) is 6.61. The summed E-state index contributed by atoms with van der Waals surface area (Å²) in [7, 11) is 0. The van der Waals surface area contributed by atoms with Crippen molar-refractivity contribution in [1.29, 1.82) is 0 Å². The Morgan fingerprint density at radius 2 is 1.65 bits per heavy atom. The monoisotopic (exact) mass is 281 g/mol. The van der Waals surface area contributed by atoms with Crippen molar-refractivity contribution >= 4 is 5.91 Å². The van der Waals surface area contributed by atoms with Crippen molar-refractivity contribution in [2.24, 2.45) is 5.92 Å². The van der Waals surface area contributed by atoms with Crippen molar-refractivity contribution in [2.45, 2.75) is 46.1 Å². The molecule has 20 heavy (non-hydrogen) atoms. The fourth-order valence-corrected chi connectivity index (χ4v) is 3.42. The summed E-state index contributed by atoms with van der Waals surface area (Å²) in [6, 6.07) is 0.694. The van der Waals surface area contributed by atoms with Gasteiger partial charge in [-0.05, 0) is 45.7 Å². The second kappa shape index (κ2) is 7.41.